The maximum absolute atomic E-state index is 13.9. The van der Waals surface area contributed by atoms with Gasteiger partial charge in [-0.2, -0.15) is 0 Å². The van der Waals surface area contributed by atoms with Gasteiger partial charge in [-0.1, -0.05) is 72.8 Å². The summed E-state index contributed by atoms with van der Waals surface area (Å²) in [4.78, 5) is 29.4. The van der Waals surface area contributed by atoms with E-state index in [2.05, 4.69) is 10.0 Å². The molecule has 0 aliphatic heterocycles. The summed E-state index contributed by atoms with van der Waals surface area (Å²) in [5.74, 6) is -0.411. The number of rotatable bonds is 16. The molecule has 42 heavy (non-hydrogen) atoms. The van der Waals surface area contributed by atoms with Gasteiger partial charge in [0.05, 0.1) is 11.0 Å². The van der Waals surface area contributed by atoms with Gasteiger partial charge >= 0.3 is 0 Å². The molecule has 224 valence electrons. The lowest BCUT2D eigenvalue weighted by Crippen LogP contribution is -2.44. The van der Waals surface area contributed by atoms with Crippen molar-refractivity contribution in [3.63, 3.8) is 0 Å². The first-order chi connectivity index (χ1) is 20.2. The molecule has 0 unspecified atom stereocenters. The lowest BCUT2D eigenvalue weighted by Gasteiger charge is -2.32. The number of hydrogen-bond acceptors (Lipinski definition) is 5. The van der Waals surface area contributed by atoms with E-state index in [1.165, 1.54) is 0 Å². The van der Waals surface area contributed by atoms with Crippen LogP contribution in [-0.4, -0.2) is 50.4 Å². The van der Waals surface area contributed by atoms with Gasteiger partial charge in [0.15, 0.2) is 0 Å². The van der Waals surface area contributed by atoms with E-state index < -0.39 is 16.1 Å². The van der Waals surface area contributed by atoms with Crippen LogP contribution in [0.2, 0.25) is 0 Å². The second-order valence-electron chi connectivity index (χ2n) is 10.9. The van der Waals surface area contributed by atoms with Crippen LogP contribution in [0.15, 0.2) is 89.8 Å². The van der Waals surface area contributed by atoms with Gasteiger partial charge in [-0.3, -0.25) is 9.59 Å². The molecule has 1 aliphatic rings. The van der Waals surface area contributed by atoms with Crippen molar-refractivity contribution in [1.29, 1.82) is 0 Å². The third-order valence-electron chi connectivity index (χ3n) is 7.02. The fraction of sp³-hybridized carbons (Fsp3) is 0.394. The number of carbonyl (C=O) groups is 2. The van der Waals surface area contributed by atoms with Gasteiger partial charge in [0.1, 0.15) is 6.04 Å². The highest BCUT2D eigenvalue weighted by Crippen LogP contribution is 2.26. The Morgan fingerprint density at radius 2 is 1.55 bits per heavy atom. The Morgan fingerprint density at radius 3 is 2.17 bits per heavy atom. The minimum absolute atomic E-state index is 0.0334. The van der Waals surface area contributed by atoms with E-state index in [1.54, 1.807) is 29.2 Å². The lowest BCUT2D eigenvalue weighted by molar-refractivity contribution is -0.141. The highest BCUT2D eigenvalue weighted by Gasteiger charge is 2.31. The third-order valence-corrected chi connectivity index (χ3v) is 8.56. The van der Waals surface area contributed by atoms with E-state index in [1.807, 2.05) is 74.5 Å². The first kappa shape index (κ1) is 31.4. The largest absolute Gasteiger partial charge is 0.379 e. The quantitative estimate of drug-likeness (QED) is 0.234. The normalized spacial score (nSPS) is 14.0. The van der Waals surface area contributed by atoms with Crippen LogP contribution in [0.25, 0.3) is 0 Å². The van der Waals surface area contributed by atoms with Gasteiger partial charge in [-0.25, -0.2) is 13.1 Å². The second-order valence-corrected chi connectivity index (χ2v) is 12.6. The molecule has 9 heteroatoms. The zero-order valence-corrected chi connectivity index (χ0v) is 25.2. The number of amides is 2. The third kappa shape index (κ3) is 9.51. The minimum Gasteiger partial charge on any atom is -0.379 e. The van der Waals surface area contributed by atoms with Crippen LogP contribution in [0.1, 0.15) is 62.3 Å². The van der Waals surface area contributed by atoms with Crippen molar-refractivity contribution in [3.8, 4) is 0 Å². The molecule has 0 spiro atoms. The Bertz CT molecular complexity index is 1390. The van der Waals surface area contributed by atoms with Crippen molar-refractivity contribution in [3.05, 3.63) is 102 Å². The average Bonchev–Trinajstić information content (AvgIpc) is 3.80. The maximum atomic E-state index is 13.9. The smallest absolute Gasteiger partial charge is 0.247 e. The molecular formula is C33H41N3O5S. The molecule has 1 fully saturated rings. The Morgan fingerprint density at radius 1 is 0.905 bits per heavy atom. The summed E-state index contributed by atoms with van der Waals surface area (Å²) >= 11 is 0. The van der Waals surface area contributed by atoms with Crippen LogP contribution in [0.4, 0.5) is 0 Å². The SMILES string of the molecule is CC(C)OCCCNC(=O)[C@@H](c1ccccc1)N(Cc1ccccc1)C(=O)CCc1ccc(S(=O)(=O)NC2CC2)cc1. The molecular weight excluding hydrogens is 550 g/mol. The van der Waals surface area contributed by atoms with Crippen LogP contribution >= 0.6 is 0 Å². The molecule has 8 nitrogen and oxygen atoms in total. The molecule has 4 rings (SSSR count). The summed E-state index contributed by atoms with van der Waals surface area (Å²) in [6.45, 7) is 5.19. The number of benzene rings is 3. The molecule has 1 atom stereocenters. The topological polar surface area (TPSA) is 105 Å². The number of ether oxygens (including phenoxy) is 1. The standard InChI is InChI=1S/C33H41N3O5S/c1-25(2)41-23-9-22-34-33(38)32(28-12-7-4-8-13-28)36(24-27-10-5-3-6-11-27)31(37)21-16-26-14-19-30(20-15-26)42(39,40)35-29-17-18-29/h3-8,10-15,19-20,25,29,32,35H,9,16-18,21-24H2,1-2H3,(H,34,38)/t32-/m1/s1. The molecule has 2 amide bonds. The van der Waals surface area contributed by atoms with Gasteiger partial charge in [0.2, 0.25) is 21.8 Å². The van der Waals surface area contributed by atoms with Crippen molar-refractivity contribution in [2.24, 2.45) is 0 Å². The first-order valence-electron chi connectivity index (χ1n) is 14.6. The van der Waals surface area contributed by atoms with E-state index in [0.717, 1.165) is 29.5 Å². The van der Waals surface area contributed by atoms with Crippen LogP contribution in [0.3, 0.4) is 0 Å². The van der Waals surface area contributed by atoms with Crippen molar-refractivity contribution < 1.29 is 22.7 Å². The monoisotopic (exact) mass is 591 g/mol. The van der Waals surface area contributed by atoms with Gasteiger partial charge in [-0.05, 0) is 68.4 Å². The molecule has 3 aromatic rings. The molecule has 0 radical (unpaired) electrons. The van der Waals surface area contributed by atoms with E-state index in [0.29, 0.717) is 26.0 Å². The fourth-order valence-corrected chi connectivity index (χ4v) is 5.94. The molecule has 2 N–H and O–H groups in total. The average molecular weight is 592 g/mol. The number of carbonyl (C=O) groups excluding carboxylic acids is 2. The van der Waals surface area contributed by atoms with E-state index in [-0.39, 0.29) is 41.8 Å². The number of nitrogens with zero attached hydrogens (tertiary/aromatic N) is 1. The molecule has 1 aliphatic carbocycles. The Kier molecular flexibility index (Phi) is 11.3. The maximum Gasteiger partial charge on any atom is 0.247 e. The van der Waals surface area contributed by atoms with Crippen LogP contribution < -0.4 is 10.0 Å². The van der Waals surface area contributed by atoms with Crippen LogP contribution in [0, 0.1) is 0 Å². The Balaban J connectivity index is 1.50. The van der Waals surface area contributed by atoms with Gasteiger partial charge < -0.3 is 15.0 Å². The molecule has 1 saturated carbocycles. The van der Waals surface area contributed by atoms with Crippen LogP contribution in [-0.2, 0) is 37.3 Å². The summed E-state index contributed by atoms with van der Waals surface area (Å²) in [5, 5.41) is 3.01. The molecule has 0 aromatic heterocycles. The summed E-state index contributed by atoms with van der Waals surface area (Å²) in [7, 11) is -3.54. The molecule has 0 saturated heterocycles. The highest BCUT2D eigenvalue weighted by atomic mass is 32.2. The van der Waals surface area contributed by atoms with Crippen molar-refractivity contribution in [2.75, 3.05) is 13.2 Å². The van der Waals surface area contributed by atoms with E-state index in [4.69, 9.17) is 4.74 Å². The predicted octanol–water partition coefficient (Wildman–Crippen LogP) is 4.76. The summed E-state index contributed by atoms with van der Waals surface area (Å²) in [6, 6.07) is 24.9. The van der Waals surface area contributed by atoms with Crippen molar-refractivity contribution in [1.82, 2.24) is 14.9 Å². The molecule has 0 heterocycles. The van der Waals surface area contributed by atoms with Crippen LogP contribution in [0.5, 0.6) is 0 Å². The lowest BCUT2D eigenvalue weighted by atomic mass is 10.0. The summed E-state index contributed by atoms with van der Waals surface area (Å²) in [5.41, 5.74) is 2.50. The van der Waals surface area contributed by atoms with E-state index >= 15 is 0 Å². The van der Waals surface area contributed by atoms with Gasteiger partial charge in [-0.15, -0.1) is 0 Å². The molecule has 0 bridgehead atoms. The predicted molar refractivity (Wildman–Crippen MR) is 163 cm³/mol. The number of sulfonamides is 1. The summed E-state index contributed by atoms with van der Waals surface area (Å²) in [6.07, 6.45) is 3.10. The first-order valence-corrected chi connectivity index (χ1v) is 16.1. The van der Waals surface area contributed by atoms with Gasteiger partial charge in [0.25, 0.3) is 0 Å². The van der Waals surface area contributed by atoms with Crippen molar-refractivity contribution in [2.45, 2.75) is 75.6 Å². The van der Waals surface area contributed by atoms with Crippen molar-refractivity contribution >= 4 is 21.8 Å². The molecule has 3 aromatic carbocycles. The highest BCUT2D eigenvalue weighted by molar-refractivity contribution is 7.89. The second kappa shape index (κ2) is 15.1. The Labute approximate surface area is 249 Å². The zero-order valence-electron chi connectivity index (χ0n) is 24.4. The minimum atomic E-state index is -3.54. The van der Waals surface area contributed by atoms with E-state index in [9.17, 15) is 18.0 Å². The number of hydrogen-bond donors (Lipinski definition) is 2. The summed E-state index contributed by atoms with van der Waals surface area (Å²) < 4.78 is 33.3. The van der Waals surface area contributed by atoms with Gasteiger partial charge in [0, 0.05) is 32.2 Å². The zero-order chi connectivity index (χ0) is 30.0. The Hall–Kier alpha value is -3.53. The number of nitrogens with one attached hydrogen (secondary N) is 2. The number of aryl methyl sites for hydroxylation is 1. The fourth-order valence-electron chi connectivity index (χ4n) is 4.63.